The molecule has 0 aliphatic heterocycles. The van der Waals surface area contributed by atoms with Gasteiger partial charge >= 0.3 is 0 Å². The van der Waals surface area contributed by atoms with Crippen LogP contribution in [-0.4, -0.2) is 30.5 Å². The SMILES string of the molecule is CSC(=O)CS(=O)(=O)c1nc2ccccc2s1. The van der Waals surface area contributed by atoms with Crippen molar-refractivity contribution in [2.75, 3.05) is 12.0 Å². The Morgan fingerprint density at radius 2 is 2.12 bits per heavy atom. The van der Waals surface area contributed by atoms with Gasteiger partial charge in [0.1, 0.15) is 5.75 Å². The molecule has 2 aromatic rings. The number of carbonyl (C=O) groups excluding carboxylic acids is 1. The summed E-state index contributed by atoms with van der Waals surface area (Å²) >= 11 is 2.01. The maximum Gasteiger partial charge on any atom is 0.213 e. The van der Waals surface area contributed by atoms with Gasteiger partial charge in [0, 0.05) is 0 Å². The Hall–Kier alpha value is -0.920. The van der Waals surface area contributed by atoms with E-state index in [1.807, 2.05) is 12.1 Å². The fourth-order valence-corrected chi connectivity index (χ4v) is 4.52. The van der Waals surface area contributed by atoms with Crippen molar-refractivity contribution in [2.45, 2.75) is 4.34 Å². The quantitative estimate of drug-likeness (QED) is 0.863. The highest BCUT2D eigenvalue weighted by atomic mass is 32.2. The fraction of sp³-hybridized carbons (Fsp3) is 0.200. The van der Waals surface area contributed by atoms with E-state index < -0.39 is 15.6 Å². The van der Waals surface area contributed by atoms with E-state index in [9.17, 15) is 13.2 Å². The number of sulfone groups is 1. The monoisotopic (exact) mass is 287 g/mol. The van der Waals surface area contributed by atoms with Crippen LogP contribution in [0, 0.1) is 0 Å². The topological polar surface area (TPSA) is 64.1 Å². The third-order valence-corrected chi connectivity index (χ3v) is 5.97. The van der Waals surface area contributed by atoms with Gasteiger partial charge in [0.05, 0.1) is 10.2 Å². The second kappa shape index (κ2) is 4.75. The number of nitrogens with zero attached hydrogens (tertiary/aromatic N) is 1. The van der Waals surface area contributed by atoms with E-state index in [4.69, 9.17) is 0 Å². The molecule has 2 rings (SSSR count). The molecule has 0 saturated heterocycles. The molecule has 0 saturated carbocycles. The minimum Gasteiger partial charge on any atom is -0.286 e. The number of thiazole rings is 1. The summed E-state index contributed by atoms with van der Waals surface area (Å²) < 4.78 is 24.6. The summed E-state index contributed by atoms with van der Waals surface area (Å²) in [5, 5.41) is -0.371. The summed E-state index contributed by atoms with van der Waals surface area (Å²) in [6, 6.07) is 7.18. The molecular formula is C10H9NO3S3. The number of carbonyl (C=O) groups is 1. The molecular weight excluding hydrogens is 278 g/mol. The highest BCUT2D eigenvalue weighted by molar-refractivity contribution is 8.14. The molecule has 0 amide bonds. The van der Waals surface area contributed by atoms with Crippen LogP contribution in [0.2, 0.25) is 0 Å². The number of fused-ring (bicyclic) bond motifs is 1. The van der Waals surface area contributed by atoms with E-state index in [1.54, 1.807) is 18.4 Å². The maximum atomic E-state index is 11.9. The number of rotatable bonds is 3. The largest absolute Gasteiger partial charge is 0.286 e. The van der Waals surface area contributed by atoms with Crippen LogP contribution in [0.3, 0.4) is 0 Å². The molecule has 0 aliphatic rings. The molecule has 1 aromatic carbocycles. The van der Waals surface area contributed by atoms with Crippen LogP contribution in [0.15, 0.2) is 28.6 Å². The lowest BCUT2D eigenvalue weighted by atomic mass is 10.3. The van der Waals surface area contributed by atoms with Crippen LogP contribution in [0.1, 0.15) is 0 Å². The van der Waals surface area contributed by atoms with E-state index in [2.05, 4.69) is 4.98 Å². The second-order valence-electron chi connectivity index (χ2n) is 3.28. The molecule has 0 atom stereocenters. The molecule has 0 unspecified atom stereocenters. The number of benzene rings is 1. The van der Waals surface area contributed by atoms with Crippen LogP contribution in [-0.2, 0) is 14.6 Å². The molecule has 0 bridgehead atoms. The summed E-state index contributed by atoms with van der Waals surface area (Å²) in [5.74, 6) is -0.492. The Labute approximate surface area is 107 Å². The summed E-state index contributed by atoms with van der Waals surface area (Å²) in [7, 11) is -3.60. The van der Waals surface area contributed by atoms with Crippen LogP contribution in [0.5, 0.6) is 0 Å². The summed E-state index contributed by atoms with van der Waals surface area (Å²) in [6.07, 6.45) is 1.57. The van der Waals surface area contributed by atoms with Gasteiger partial charge in [0.2, 0.25) is 19.3 Å². The number of thioether (sulfide) groups is 1. The first-order valence-corrected chi connectivity index (χ1v) is 8.37. The van der Waals surface area contributed by atoms with Crippen LogP contribution >= 0.6 is 23.1 Å². The van der Waals surface area contributed by atoms with E-state index in [-0.39, 0.29) is 9.45 Å². The maximum absolute atomic E-state index is 11.9. The zero-order valence-corrected chi connectivity index (χ0v) is 11.4. The van der Waals surface area contributed by atoms with Crippen molar-refractivity contribution in [3.05, 3.63) is 24.3 Å². The highest BCUT2D eigenvalue weighted by Gasteiger charge is 2.22. The van der Waals surface area contributed by atoms with Crippen molar-refractivity contribution in [3.8, 4) is 0 Å². The smallest absolute Gasteiger partial charge is 0.213 e. The van der Waals surface area contributed by atoms with Gasteiger partial charge in [-0.05, 0) is 18.4 Å². The third kappa shape index (κ3) is 2.67. The lowest BCUT2D eigenvalue weighted by molar-refractivity contribution is -0.108. The van der Waals surface area contributed by atoms with Gasteiger partial charge in [-0.3, -0.25) is 4.79 Å². The van der Waals surface area contributed by atoms with Crippen molar-refractivity contribution >= 4 is 48.3 Å². The first kappa shape index (κ1) is 12.5. The molecule has 0 radical (unpaired) electrons. The lowest BCUT2D eigenvalue weighted by Crippen LogP contribution is -2.12. The van der Waals surface area contributed by atoms with Crippen molar-refractivity contribution in [1.82, 2.24) is 4.98 Å². The molecule has 7 heteroatoms. The molecule has 0 spiro atoms. The Morgan fingerprint density at radius 3 is 2.76 bits per heavy atom. The normalized spacial score (nSPS) is 11.8. The number of hydrogen-bond donors (Lipinski definition) is 0. The van der Waals surface area contributed by atoms with E-state index in [0.29, 0.717) is 5.52 Å². The van der Waals surface area contributed by atoms with Crippen molar-refractivity contribution in [3.63, 3.8) is 0 Å². The van der Waals surface area contributed by atoms with Gasteiger partial charge in [-0.1, -0.05) is 23.9 Å². The van der Waals surface area contributed by atoms with Crippen molar-refractivity contribution in [1.29, 1.82) is 0 Å². The van der Waals surface area contributed by atoms with Gasteiger partial charge in [-0.25, -0.2) is 13.4 Å². The van der Waals surface area contributed by atoms with E-state index >= 15 is 0 Å². The van der Waals surface area contributed by atoms with Crippen molar-refractivity contribution < 1.29 is 13.2 Å². The molecule has 1 aromatic heterocycles. The van der Waals surface area contributed by atoms with Crippen molar-refractivity contribution in [2.24, 2.45) is 0 Å². The highest BCUT2D eigenvalue weighted by Crippen LogP contribution is 2.26. The standard InChI is InChI=1S/C10H9NO3S3/c1-15-9(12)6-17(13,14)10-11-7-4-2-3-5-8(7)16-10/h2-5H,6H2,1H3. The van der Waals surface area contributed by atoms with Gasteiger partial charge in [-0.2, -0.15) is 0 Å². The van der Waals surface area contributed by atoms with Gasteiger partial charge in [0.25, 0.3) is 0 Å². The number of para-hydroxylation sites is 1. The molecule has 4 nitrogen and oxygen atoms in total. The third-order valence-electron chi connectivity index (χ3n) is 2.08. The molecule has 90 valence electrons. The van der Waals surface area contributed by atoms with Gasteiger partial charge in [-0.15, -0.1) is 11.3 Å². The summed E-state index contributed by atoms with van der Waals surface area (Å²) in [6.45, 7) is 0. The summed E-state index contributed by atoms with van der Waals surface area (Å²) in [5.41, 5.74) is 0.646. The first-order chi connectivity index (χ1) is 8.03. The average Bonchev–Trinajstić information content (AvgIpc) is 2.72. The predicted octanol–water partition coefficient (Wildman–Crippen LogP) is 1.96. The Balaban J connectivity index is 2.42. The molecule has 1 heterocycles. The Kier molecular flexibility index (Phi) is 3.50. The zero-order chi connectivity index (χ0) is 12.5. The molecule has 0 aliphatic carbocycles. The van der Waals surface area contributed by atoms with Gasteiger partial charge < -0.3 is 0 Å². The fourth-order valence-electron chi connectivity index (χ4n) is 1.26. The minimum atomic E-state index is -3.60. The number of hydrogen-bond acceptors (Lipinski definition) is 6. The second-order valence-corrected chi connectivity index (χ2v) is 7.34. The average molecular weight is 287 g/mol. The van der Waals surface area contributed by atoms with Gasteiger partial charge in [0.15, 0.2) is 0 Å². The first-order valence-electron chi connectivity index (χ1n) is 4.68. The Morgan fingerprint density at radius 1 is 1.41 bits per heavy atom. The summed E-state index contributed by atoms with van der Waals surface area (Å²) in [4.78, 5) is 15.2. The minimum absolute atomic E-state index is 0.0149. The number of aromatic nitrogens is 1. The van der Waals surface area contributed by atoms with Crippen LogP contribution < -0.4 is 0 Å². The van der Waals surface area contributed by atoms with Crippen LogP contribution in [0.4, 0.5) is 0 Å². The lowest BCUT2D eigenvalue weighted by Gasteiger charge is -1.96. The molecule has 0 N–H and O–H groups in total. The molecule has 17 heavy (non-hydrogen) atoms. The molecule has 0 fully saturated rings. The predicted molar refractivity (Wildman–Crippen MR) is 70.2 cm³/mol. The zero-order valence-electron chi connectivity index (χ0n) is 8.91. The van der Waals surface area contributed by atoms with E-state index in [0.717, 1.165) is 27.8 Å². The van der Waals surface area contributed by atoms with Crippen LogP contribution in [0.25, 0.3) is 10.2 Å². The van der Waals surface area contributed by atoms with E-state index in [1.165, 1.54) is 0 Å². The Bertz CT molecular complexity index is 627.